The van der Waals surface area contributed by atoms with Gasteiger partial charge in [0.25, 0.3) is 5.69 Å². The summed E-state index contributed by atoms with van der Waals surface area (Å²) >= 11 is 0. The van der Waals surface area contributed by atoms with E-state index in [2.05, 4.69) is 0 Å². The molecule has 5 nitrogen and oxygen atoms in total. The molecule has 0 aliphatic heterocycles. The highest BCUT2D eigenvalue weighted by atomic mass is 31.2. The summed E-state index contributed by atoms with van der Waals surface area (Å²) in [6.07, 6.45) is 0.662. The summed E-state index contributed by atoms with van der Waals surface area (Å²) < 4.78 is 10.9. The van der Waals surface area contributed by atoms with Gasteiger partial charge in [0.1, 0.15) is 0 Å². The first-order chi connectivity index (χ1) is 8.17. The number of nitro groups is 1. The van der Waals surface area contributed by atoms with Gasteiger partial charge in [-0.25, -0.2) is 0 Å². The van der Waals surface area contributed by atoms with E-state index in [9.17, 15) is 10.1 Å². The fourth-order valence-corrected chi connectivity index (χ4v) is 2.63. The smallest absolute Gasteiger partial charge is 0.269 e. The molecule has 1 rings (SSSR count). The topological polar surface area (TPSA) is 61.6 Å². The summed E-state index contributed by atoms with van der Waals surface area (Å²) in [7, 11) is -0.932. The second-order valence-corrected chi connectivity index (χ2v) is 4.75. The Morgan fingerprint density at radius 1 is 1.18 bits per heavy atom. The van der Waals surface area contributed by atoms with E-state index in [0.29, 0.717) is 19.4 Å². The number of hydrogen-bond acceptors (Lipinski definition) is 4. The van der Waals surface area contributed by atoms with Gasteiger partial charge in [0.15, 0.2) is 8.38 Å². The van der Waals surface area contributed by atoms with Crippen molar-refractivity contribution in [3.63, 3.8) is 0 Å². The molecule has 0 bridgehead atoms. The van der Waals surface area contributed by atoms with Crippen LogP contribution in [0.25, 0.3) is 0 Å². The van der Waals surface area contributed by atoms with Gasteiger partial charge in [-0.15, -0.1) is 0 Å². The van der Waals surface area contributed by atoms with Crippen LogP contribution in [0.5, 0.6) is 0 Å². The summed E-state index contributed by atoms with van der Waals surface area (Å²) in [5, 5.41) is 10.5. The van der Waals surface area contributed by atoms with Crippen LogP contribution in [0.1, 0.15) is 19.4 Å². The maximum absolute atomic E-state index is 10.5. The molecule has 0 saturated carbocycles. The largest absolute Gasteiger partial charge is 0.334 e. The lowest BCUT2D eigenvalue weighted by atomic mass is 10.2. The molecule has 0 atom stereocenters. The Balaban J connectivity index is 2.62. The molecule has 17 heavy (non-hydrogen) atoms. The van der Waals surface area contributed by atoms with Gasteiger partial charge in [0.05, 0.1) is 18.1 Å². The molecule has 0 amide bonds. The molecule has 0 fully saturated rings. The first-order valence-electron chi connectivity index (χ1n) is 5.44. The van der Waals surface area contributed by atoms with E-state index >= 15 is 0 Å². The maximum atomic E-state index is 10.5. The fourth-order valence-electron chi connectivity index (χ4n) is 1.29. The van der Waals surface area contributed by atoms with E-state index in [-0.39, 0.29) is 5.69 Å². The predicted octanol–water partition coefficient (Wildman–Crippen LogP) is 3.48. The van der Waals surface area contributed by atoms with Crippen molar-refractivity contribution in [2.24, 2.45) is 0 Å². The third kappa shape index (κ3) is 4.77. The Morgan fingerprint density at radius 2 is 1.71 bits per heavy atom. The second-order valence-electron chi connectivity index (χ2n) is 3.25. The van der Waals surface area contributed by atoms with Gasteiger partial charge < -0.3 is 9.05 Å². The summed E-state index contributed by atoms with van der Waals surface area (Å²) in [5.74, 6) is 0. The van der Waals surface area contributed by atoms with Crippen LogP contribution in [0, 0.1) is 10.1 Å². The van der Waals surface area contributed by atoms with Crippen molar-refractivity contribution in [2.75, 3.05) is 13.2 Å². The standard InChI is InChI=1S/C11H16NO4P/c1-3-15-17(16-4-2)9-10-5-7-11(8-6-10)12(13)14/h5-8H,3-4,9H2,1-2H3. The molecule has 1 aromatic rings. The van der Waals surface area contributed by atoms with E-state index in [0.717, 1.165) is 5.56 Å². The lowest BCUT2D eigenvalue weighted by molar-refractivity contribution is -0.384. The number of nitrogens with zero attached hydrogens (tertiary/aromatic N) is 1. The van der Waals surface area contributed by atoms with Crippen molar-refractivity contribution in [3.8, 4) is 0 Å². The minimum absolute atomic E-state index is 0.103. The molecule has 0 heterocycles. The second kappa shape index (κ2) is 7.33. The lowest BCUT2D eigenvalue weighted by Crippen LogP contribution is -1.94. The zero-order valence-electron chi connectivity index (χ0n) is 9.96. The zero-order valence-corrected chi connectivity index (χ0v) is 10.9. The lowest BCUT2D eigenvalue weighted by Gasteiger charge is -2.15. The van der Waals surface area contributed by atoms with Crippen LogP contribution in [-0.2, 0) is 15.2 Å². The molecule has 0 aliphatic carbocycles. The fraction of sp³-hybridized carbons (Fsp3) is 0.455. The minimum Gasteiger partial charge on any atom is -0.334 e. The third-order valence-corrected chi connectivity index (χ3v) is 3.72. The molecule has 0 radical (unpaired) electrons. The number of non-ortho nitro benzene ring substituents is 1. The Bertz CT molecular complexity index is 349. The Labute approximate surface area is 102 Å². The number of hydrogen-bond donors (Lipinski definition) is 0. The van der Waals surface area contributed by atoms with Gasteiger partial charge in [-0.1, -0.05) is 12.1 Å². The van der Waals surface area contributed by atoms with Gasteiger partial charge in [-0.3, -0.25) is 10.1 Å². The van der Waals surface area contributed by atoms with Crippen molar-refractivity contribution in [2.45, 2.75) is 20.0 Å². The average Bonchev–Trinajstić information content (AvgIpc) is 2.30. The highest BCUT2D eigenvalue weighted by Gasteiger charge is 2.11. The van der Waals surface area contributed by atoms with Gasteiger partial charge >= 0.3 is 0 Å². The summed E-state index contributed by atoms with van der Waals surface area (Å²) in [5.41, 5.74) is 1.09. The van der Waals surface area contributed by atoms with Crippen LogP contribution in [0.4, 0.5) is 5.69 Å². The van der Waals surface area contributed by atoms with Gasteiger partial charge in [0, 0.05) is 18.3 Å². The molecule has 0 unspecified atom stereocenters. The van der Waals surface area contributed by atoms with Crippen molar-refractivity contribution in [1.82, 2.24) is 0 Å². The van der Waals surface area contributed by atoms with E-state index in [1.807, 2.05) is 13.8 Å². The van der Waals surface area contributed by atoms with Crippen LogP contribution >= 0.6 is 8.38 Å². The molecule has 0 aromatic heterocycles. The molecule has 0 N–H and O–H groups in total. The van der Waals surface area contributed by atoms with E-state index in [1.54, 1.807) is 12.1 Å². The normalized spacial score (nSPS) is 10.8. The van der Waals surface area contributed by atoms with Crippen LogP contribution in [0.2, 0.25) is 0 Å². The monoisotopic (exact) mass is 257 g/mol. The van der Waals surface area contributed by atoms with Gasteiger partial charge in [-0.2, -0.15) is 0 Å². The van der Waals surface area contributed by atoms with Crippen molar-refractivity contribution in [3.05, 3.63) is 39.9 Å². The van der Waals surface area contributed by atoms with Crippen molar-refractivity contribution < 1.29 is 14.0 Å². The number of rotatable bonds is 7. The van der Waals surface area contributed by atoms with Crippen molar-refractivity contribution >= 4 is 14.1 Å². The molecule has 0 saturated heterocycles. The minimum atomic E-state index is -0.932. The Morgan fingerprint density at radius 3 is 2.12 bits per heavy atom. The van der Waals surface area contributed by atoms with Gasteiger partial charge in [0.2, 0.25) is 0 Å². The Kier molecular flexibility index (Phi) is 6.05. The zero-order chi connectivity index (χ0) is 12.7. The molecule has 94 valence electrons. The van der Waals surface area contributed by atoms with Crippen LogP contribution in [0.15, 0.2) is 24.3 Å². The average molecular weight is 257 g/mol. The molecule has 0 spiro atoms. The molecule has 6 heteroatoms. The number of benzene rings is 1. The van der Waals surface area contributed by atoms with Crippen LogP contribution in [-0.4, -0.2) is 18.1 Å². The molecular formula is C11H16NO4P. The van der Waals surface area contributed by atoms with E-state index < -0.39 is 13.3 Å². The quantitative estimate of drug-likeness (QED) is 0.426. The first-order valence-corrected chi connectivity index (χ1v) is 6.80. The molecule has 0 aliphatic rings. The predicted molar refractivity (Wildman–Crippen MR) is 67.0 cm³/mol. The first kappa shape index (κ1) is 14.0. The highest BCUT2D eigenvalue weighted by Crippen LogP contribution is 2.41. The maximum Gasteiger partial charge on any atom is 0.269 e. The van der Waals surface area contributed by atoms with Crippen LogP contribution in [0.3, 0.4) is 0 Å². The van der Waals surface area contributed by atoms with Crippen molar-refractivity contribution in [1.29, 1.82) is 0 Å². The van der Waals surface area contributed by atoms with Gasteiger partial charge in [-0.05, 0) is 19.4 Å². The van der Waals surface area contributed by atoms with E-state index in [1.165, 1.54) is 12.1 Å². The summed E-state index contributed by atoms with van der Waals surface area (Å²) in [4.78, 5) is 10.1. The Hall–Kier alpha value is -1.03. The number of nitro benzene ring substituents is 1. The molecule has 1 aromatic carbocycles. The SMILES string of the molecule is CCOP(Cc1ccc([N+](=O)[O-])cc1)OCC. The molecular weight excluding hydrogens is 241 g/mol. The third-order valence-electron chi connectivity index (χ3n) is 2.01. The van der Waals surface area contributed by atoms with Crippen LogP contribution < -0.4 is 0 Å². The highest BCUT2D eigenvalue weighted by molar-refractivity contribution is 7.46. The summed E-state index contributed by atoms with van der Waals surface area (Å²) in [6, 6.07) is 6.48. The van der Waals surface area contributed by atoms with E-state index in [4.69, 9.17) is 9.05 Å². The summed E-state index contributed by atoms with van der Waals surface area (Å²) in [6.45, 7) is 5.06.